The van der Waals surface area contributed by atoms with Gasteiger partial charge in [-0.2, -0.15) is 0 Å². The summed E-state index contributed by atoms with van der Waals surface area (Å²) < 4.78 is 6.25. The standard InChI is InChI=1S/C24H23ClN2O3/c25-17-11-16-12-22(24(29)27-8-2-1-3-9-27)30-23(16)20(13-17)18-6-7-26-21-10-15(14-28)4-5-19(18)21/h4-7,10-11,13,22,28H,1-3,8-9,12,14H2. The van der Waals surface area contributed by atoms with Crippen LogP contribution in [0.15, 0.2) is 42.6 Å². The molecule has 3 heterocycles. The van der Waals surface area contributed by atoms with E-state index >= 15 is 0 Å². The van der Waals surface area contributed by atoms with Gasteiger partial charge in [0.05, 0.1) is 12.1 Å². The Bertz CT molecular complexity index is 1120. The Morgan fingerprint density at radius 2 is 1.97 bits per heavy atom. The monoisotopic (exact) mass is 422 g/mol. The number of pyridine rings is 1. The number of nitrogens with zero attached hydrogens (tertiary/aromatic N) is 2. The first kappa shape index (κ1) is 19.3. The summed E-state index contributed by atoms with van der Waals surface area (Å²) in [6.45, 7) is 1.59. The fourth-order valence-corrected chi connectivity index (χ4v) is 4.75. The van der Waals surface area contributed by atoms with E-state index in [1.165, 1.54) is 6.42 Å². The number of hydrogen-bond donors (Lipinski definition) is 1. The van der Waals surface area contributed by atoms with E-state index in [0.717, 1.165) is 64.8 Å². The van der Waals surface area contributed by atoms with Crippen LogP contribution in [-0.2, 0) is 17.8 Å². The van der Waals surface area contributed by atoms with Crippen molar-refractivity contribution in [3.05, 3.63) is 58.7 Å². The maximum Gasteiger partial charge on any atom is 0.263 e. The minimum absolute atomic E-state index is 0.0299. The minimum Gasteiger partial charge on any atom is -0.479 e. The highest BCUT2D eigenvalue weighted by molar-refractivity contribution is 6.31. The highest BCUT2D eigenvalue weighted by Gasteiger charge is 2.35. The number of amides is 1. The molecule has 0 bridgehead atoms. The van der Waals surface area contributed by atoms with Gasteiger partial charge >= 0.3 is 0 Å². The molecule has 2 aromatic carbocycles. The number of halogens is 1. The molecule has 1 fully saturated rings. The molecule has 3 aromatic rings. The number of hydrogen-bond acceptors (Lipinski definition) is 4. The van der Waals surface area contributed by atoms with Crippen LogP contribution in [-0.4, -0.2) is 40.1 Å². The van der Waals surface area contributed by atoms with Crippen molar-refractivity contribution in [3.8, 4) is 16.9 Å². The van der Waals surface area contributed by atoms with Gasteiger partial charge in [0.25, 0.3) is 5.91 Å². The first-order valence-electron chi connectivity index (χ1n) is 10.4. The van der Waals surface area contributed by atoms with Crippen LogP contribution in [0.3, 0.4) is 0 Å². The smallest absolute Gasteiger partial charge is 0.263 e. The molecule has 5 rings (SSSR count). The van der Waals surface area contributed by atoms with Gasteiger partial charge in [-0.15, -0.1) is 0 Å². The van der Waals surface area contributed by atoms with E-state index in [2.05, 4.69) is 4.98 Å². The summed E-state index contributed by atoms with van der Waals surface area (Å²) in [7, 11) is 0. The highest BCUT2D eigenvalue weighted by atomic mass is 35.5. The lowest BCUT2D eigenvalue weighted by molar-refractivity contribution is -0.138. The number of likely N-dealkylation sites (tertiary alicyclic amines) is 1. The molecule has 2 aliphatic heterocycles. The normalized spacial score (nSPS) is 18.3. The molecule has 5 nitrogen and oxygen atoms in total. The van der Waals surface area contributed by atoms with Gasteiger partial charge in [-0.3, -0.25) is 9.78 Å². The Balaban J connectivity index is 1.54. The second-order valence-corrected chi connectivity index (χ2v) is 8.44. The molecule has 0 radical (unpaired) electrons. The number of aromatic nitrogens is 1. The number of carbonyl (C=O) groups is 1. The van der Waals surface area contributed by atoms with E-state index in [9.17, 15) is 9.90 Å². The molecular weight excluding hydrogens is 400 g/mol. The van der Waals surface area contributed by atoms with E-state index in [-0.39, 0.29) is 12.5 Å². The fraction of sp³-hybridized carbons (Fsp3) is 0.333. The molecule has 2 aliphatic rings. The molecule has 0 saturated carbocycles. The molecule has 0 spiro atoms. The van der Waals surface area contributed by atoms with Gasteiger partial charge in [-0.25, -0.2) is 0 Å². The van der Waals surface area contributed by atoms with Gasteiger partial charge in [0.15, 0.2) is 6.10 Å². The lowest BCUT2D eigenvalue weighted by Crippen LogP contribution is -2.43. The van der Waals surface area contributed by atoms with Gasteiger partial charge < -0.3 is 14.7 Å². The van der Waals surface area contributed by atoms with E-state index in [4.69, 9.17) is 16.3 Å². The third kappa shape index (κ3) is 3.42. The first-order chi connectivity index (χ1) is 14.6. The summed E-state index contributed by atoms with van der Waals surface area (Å²) in [6.07, 6.45) is 5.09. The molecule has 1 N–H and O–H groups in total. The van der Waals surface area contributed by atoms with Crippen molar-refractivity contribution in [2.45, 2.75) is 38.4 Å². The van der Waals surface area contributed by atoms with Crippen molar-refractivity contribution in [3.63, 3.8) is 0 Å². The zero-order valence-corrected chi connectivity index (χ0v) is 17.4. The summed E-state index contributed by atoms with van der Waals surface area (Å²) >= 11 is 6.45. The summed E-state index contributed by atoms with van der Waals surface area (Å²) in [5, 5.41) is 11.0. The number of aliphatic hydroxyl groups is 1. The van der Waals surface area contributed by atoms with Gasteiger partial charge in [0.2, 0.25) is 0 Å². The molecule has 154 valence electrons. The van der Waals surface area contributed by atoms with Gasteiger partial charge in [0.1, 0.15) is 5.75 Å². The largest absolute Gasteiger partial charge is 0.479 e. The number of rotatable bonds is 3. The third-order valence-corrected chi connectivity index (χ3v) is 6.24. The SMILES string of the molecule is O=C(C1Cc2cc(Cl)cc(-c3ccnc4cc(CO)ccc34)c2O1)N1CCCCC1. The predicted molar refractivity (Wildman–Crippen MR) is 117 cm³/mol. The van der Waals surface area contributed by atoms with Crippen LogP contribution in [0.25, 0.3) is 22.0 Å². The number of piperidine rings is 1. The lowest BCUT2D eigenvalue weighted by Gasteiger charge is -2.28. The molecule has 30 heavy (non-hydrogen) atoms. The van der Waals surface area contributed by atoms with Crippen molar-refractivity contribution < 1.29 is 14.6 Å². The molecule has 0 aliphatic carbocycles. The lowest BCUT2D eigenvalue weighted by atomic mass is 9.97. The van der Waals surface area contributed by atoms with Crippen LogP contribution in [0.2, 0.25) is 5.02 Å². The maximum absolute atomic E-state index is 13.0. The average molecular weight is 423 g/mol. The van der Waals surface area contributed by atoms with Crippen molar-refractivity contribution in [1.29, 1.82) is 0 Å². The molecule has 1 aromatic heterocycles. The zero-order chi connectivity index (χ0) is 20.7. The van der Waals surface area contributed by atoms with E-state index in [1.54, 1.807) is 6.20 Å². The Morgan fingerprint density at radius 1 is 1.13 bits per heavy atom. The quantitative estimate of drug-likeness (QED) is 0.681. The number of carbonyl (C=O) groups excluding carboxylic acids is 1. The fourth-order valence-electron chi connectivity index (χ4n) is 4.51. The number of ether oxygens (including phenoxy) is 1. The second-order valence-electron chi connectivity index (χ2n) is 8.01. The third-order valence-electron chi connectivity index (χ3n) is 6.02. The molecule has 1 atom stereocenters. The minimum atomic E-state index is -0.496. The van der Waals surface area contributed by atoms with E-state index in [0.29, 0.717) is 11.4 Å². The number of aliphatic hydroxyl groups excluding tert-OH is 1. The summed E-state index contributed by atoms with van der Waals surface area (Å²) in [5.74, 6) is 0.800. The van der Waals surface area contributed by atoms with Crippen LogP contribution in [0, 0.1) is 0 Å². The van der Waals surface area contributed by atoms with Gasteiger partial charge in [-0.05, 0) is 54.7 Å². The van der Waals surface area contributed by atoms with Crippen molar-refractivity contribution in [1.82, 2.24) is 9.88 Å². The zero-order valence-electron chi connectivity index (χ0n) is 16.6. The van der Waals surface area contributed by atoms with Gasteiger partial charge in [-0.1, -0.05) is 23.7 Å². The van der Waals surface area contributed by atoms with Gasteiger partial charge in [0, 0.05) is 47.2 Å². The highest BCUT2D eigenvalue weighted by Crippen LogP contribution is 2.43. The number of fused-ring (bicyclic) bond motifs is 2. The molecule has 1 saturated heterocycles. The van der Waals surface area contributed by atoms with Crippen molar-refractivity contribution in [2.75, 3.05) is 13.1 Å². The first-order valence-corrected chi connectivity index (χ1v) is 10.8. The summed E-state index contributed by atoms with van der Waals surface area (Å²) in [5.41, 5.74) is 4.40. The topological polar surface area (TPSA) is 62.7 Å². The summed E-state index contributed by atoms with van der Waals surface area (Å²) in [6, 6.07) is 11.5. The Morgan fingerprint density at radius 3 is 2.77 bits per heavy atom. The molecule has 6 heteroatoms. The molecule has 1 amide bonds. The van der Waals surface area contributed by atoms with Crippen molar-refractivity contribution in [2.24, 2.45) is 0 Å². The average Bonchev–Trinajstić information content (AvgIpc) is 3.21. The van der Waals surface area contributed by atoms with Crippen LogP contribution >= 0.6 is 11.6 Å². The van der Waals surface area contributed by atoms with E-state index < -0.39 is 6.10 Å². The molecular formula is C24H23ClN2O3. The maximum atomic E-state index is 13.0. The van der Waals surface area contributed by atoms with Crippen LogP contribution < -0.4 is 4.74 Å². The Labute approximate surface area is 180 Å². The van der Waals surface area contributed by atoms with Crippen LogP contribution in [0.4, 0.5) is 0 Å². The van der Waals surface area contributed by atoms with Crippen LogP contribution in [0.5, 0.6) is 5.75 Å². The predicted octanol–water partition coefficient (Wildman–Crippen LogP) is 4.36. The Kier molecular flexibility index (Phi) is 5.09. The Hall–Kier alpha value is -2.63. The van der Waals surface area contributed by atoms with Crippen molar-refractivity contribution >= 4 is 28.4 Å². The van der Waals surface area contributed by atoms with Crippen LogP contribution in [0.1, 0.15) is 30.4 Å². The summed E-state index contributed by atoms with van der Waals surface area (Å²) in [4.78, 5) is 19.4. The van der Waals surface area contributed by atoms with E-state index in [1.807, 2.05) is 41.3 Å². The molecule has 1 unspecified atom stereocenters. The second kappa shape index (κ2) is 7.89. The number of benzene rings is 2.